The summed E-state index contributed by atoms with van der Waals surface area (Å²) in [7, 11) is 0. The van der Waals surface area contributed by atoms with Crippen LogP contribution in [0.5, 0.6) is 0 Å². The number of aryl methyl sites for hydroxylation is 1. The predicted octanol–water partition coefficient (Wildman–Crippen LogP) is 4.55. The summed E-state index contributed by atoms with van der Waals surface area (Å²) in [5, 5.41) is 1.08. The van der Waals surface area contributed by atoms with Crippen molar-refractivity contribution in [3.05, 3.63) is 64.4 Å². The van der Waals surface area contributed by atoms with Gasteiger partial charge in [0, 0.05) is 6.42 Å². The molecular formula is C22H22N2O2S. The Hall–Kier alpha value is -2.40. The molecule has 5 heteroatoms. The van der Waals surface area contributed by atoms with Crippen molar-refractivity contribution in [1.82, 2.24) is 9.55 Å². The molecule has 1 heterocycles. The van der Waals surface area contributed by atoms with Crippen LogP contribution in [0.3, 0.4) is 0 Å². The van der Waals surface area contributed by atoms with Crippen molar-refractivity contribution in [2.75, 3.05) is 0 Å². The molecule has 1 fully saturated rings. The van der Waals surface area contributed by atoms with Gasteiger partial charge in [0.2, 0.25) is 0 Å². The summed E-state index contributed by atoms with van der Waals surface area (Å²) >= 11 is 1.44. The fourth-order valence-electron chi connectivity index (χ4n) is 3.50. The molecule has 3 aromatic rings. The second-order valence-electron chi connectivity index (χ2n) is 6.89. The Morgan fingerprint density at radius 3 is 2.59 bits per heavy atom. The number of carbonyl (C=O) groups excluding carboxylic acids is 1. The van der Waals surface area contributed by atoms with Crippen molar-refractivity contribution >= 4 is 28.4 Å². The maximum absolute atomic E-state index is 13.3. The van der Waals surface area contributed by atoms with Gasteiger partial charge in [-0.2, -0.15) is 0 Å². The summed E-state index contributed by atoms with van der Waals surface area (Å²) < 4.78 is 1.66. The van der Waals surface area contributed by atoms with Crippen LogP contribution in [0.2, 0.25) is 0 Å². The van der Waals surface area contributed by atoms with Crippen LogP contribution in [-0.4, -0.2) is 20.6 Å². The molecule has 4 rings (SSSR count). The molecule has 1 aliphatic rings. The van der Waals surface area contributed by atoms with E-state index in [0.717, 1.165) is 31.4 Å². The number of ketones is 1. The standard InChI is InChI=1S/C22H22N2O2S/c1-2-15-11-13-16(14-12-15)24-21(26)17-7-3-4-8-18(17)23-22(24)27-20-10-6-5-9-19(20)25/h3-4,7-8,11-14,20H,2,5-6,9-10H2,1H3/t20-/m1/s1. The van der Waals surface area contributed by atoms with Gasteiger partial charge in [-0.15, -0.1) is 0 Å². The van der Waals surface area contributed by atoms with Gasteiger partial charge >= 0.3 is 0 Å². The van der Waals surface area contributed by atoms with Gasteiger partial charge in [-0.1, -0.05) is 49.4 Å². The Kier molecular flexibility index (Phi) is 5.12. The molecule has 0 N–H and O–H groups in total. The Morgan fingerprint density at radius 2 is 1.85 bits per heavy atom. The highest BCUT2D eigenvalue weighted by Gasteiger charge is 2.26. The lowest BCUT2D eigenvalue weighted by Gasteiger charge is -2.21. The first kappa shape index (κ1) is 18.0. The first-order valence-corrected chi connectivity index (χ1v) is 10.4. The molecule has 1 aromatic heterocycles. The number of benzene rings is 2. The normalized spacial score (nSPS) is 17.4. The van der Waals surface area contributed by atoms with Crippen molar-refractivity contribution in [2.24, 2.45) is 0 Å². The van der Waals surface area contributed by atoms with Crippen LogP contribution >= 0.6 is 11.8 Å². The molecule has 2 aromatic carbocycles. The maximum Gasteiger partial charge on any atom is 0.266 e. The van der Waals surface area contributed by atoms with Gasteiger partial charge in [-0.05, 0) is 49.1 Å². The minimum absolute atomic E-state index is 0.0874. The van der Waals surface area contributed by atoms with Crippen molar-refractivity contribution in [1.29, 1.82) is 0 Å². The van der Waals surface area contributed by atoms with Gasteiger partial charge in [-0.3, -0.25) is 14.2 Å². The summed E-state index contributed by atoms with van der Waals surface area (Å²) in [5.41, 5.74) is 2.60. The highest BCUT2D eigenvalue weighted by atomic mass is 32.2. The van der Waals surface area contributed by atoms with E-state index in [0.29, 0.717) is 22.5 Å². The molecule has 0 unspecified atom stereocenters. The average molecular weight is 378 g/mol. The van der Waals surface area contributed by atoms with Crippen LogP contribution in [0, 0.1) is 0 Å². The van der Waals surface area contributed by atoms with E-state index in [1.54, 1.807) is 4.57 Å². The molecule has 27 heavy (non-hydrogen) atoms. The smallest absolute Gasteiger partial charge is 0.266 e. The van der Waals surface area contributed by atoms with Gasteiger partial charge < -0.3 is 0 Å². The second-order valence-corrected chi connectivity index (χ2v) is 8.06. The molecular weight excluding hydrogens is 356 g/mol. The Balaban J connectivity index is 1.86. The number of thioether (sulfide) groups is 1. The third-order valence-electron chi connectivity index (χ3n) is 5.09. The molecule has 0 saturated heterocycles. The fraction of sp³-hybridized carbons (Fsp3) is 0.318. The first-order valence-electron chi connectivity index (χ1n) is 9.48. The lowest BCUT2D eigenvalue weighted by molar-refractivity contribution is -0.119. The van der Waals surface area contributed by atoms with E-state index in [4.69, 9.17) is 4.98 Å². The minimum atomic E-state index is -0.118. The number of Topliss-reactive ketones (excluding diaryl/α,β-unsaturated/α-hetero) is 1. The number of nitrogens with zero attached hydrogens (tertiary/aromatic N) is 2. The number of hydrogen-bond donors (Lipinski definition) is 0. The third-order valence-corrected chi connectivity index (χ3v) is 6.36. The van der Waals surface area contributed by atoms with E-state index >= 15 is 0 Å². The highest BCUT2D eigenvalue weighted by Crippen LogP contribution is 2.32. The van der Waals surface area contributed by atoms with E-state index in [1.807, 2.05) is 48.5 Å². The van der Waals surface area contributed by atoms with Gasteiger partial charge in [0.15, 0.2) is 5.16 Å². The number of aromatic nitrogens is 2. The quantitative estimate of drug-likeness (QED) is 0.625. The van der Waals surface area contributed by atoms with Crippen LogP contribution in [0.15, 0.2) is 58.5 Å². The third kappa shape index (κ3) is 3.56. The van der Waals surface area contributed by atoms with Gasteiger partial charge in [-0.25, -0.2) is 4.98 Å². The SMILES string of the molecule is CCc1ccc(-n2c(S[C@@H]3CCCCC3=O)nc3ccccc3c2=O)cc1. The van der Waals surface area contributed by atoms with E-state index < -0.39 is 0 Å². The zero-order chi connectivity index (χ0) is 18.8. The second kappa shape index (κ2) is 7.69. The first-order chi connectivity index (χ1) is 13.2. The fourth-order valence-corrected chi connectivity index (χ4v) is 4.74. The molecule has 1 saturated carbocycles. The Labute approximate surface area is 162 Å². The van der Waals surface area contributed by atoms with E-state index in [9.17, 15) is 9.59 Å². The predicted molar refractivity (Wildman–Crippen MR) is 110 cm³/mol. The lowest BCUT2D eigenvalue weighted by atomic mass is 9.99. The summed E-state index contributed by atoms with van der Waals surface area (Å²) in [5.74, 6) is 0.265. The van der Waals surface area contributed by atoms with Crippen molar-refractivity contribution in [3.63, 3.8) is 0 Å². The zero-order valence-electron chi connectivity index (χ0n) is 15.4. The van der Waals surface area contributed by atoms with Crippen molar-refractivity contribution in [2.45, 2.75) is 49.4 Å². The number of fused-ring (bicyclic) bond motifs is 1. The summed E-state index contributed by atoms with van der Waals surface area (Å²) in [6.07, 6.45) is 4.43. The molecule has 138 valence electrons. The maximum atomic E-state index is 13.3. The van der Waals surface area contributed by atoms with Crippen molar-refractivity contribution < 1.29 is 4.79 Å². The van der Waals surface area contributed by atoms with Gasteiger partial charge in [0.25, 0.3) is 5.56 Å². The summed E-state index contributed by atoms with van der Waals surface area (Å²) in [6, 6.07) is 15.4. The molecule has 0 bridgehead atoms. The van der Waals surface area contributed by atoms with Crippen LogP contribution < -0.4 is 5.56 Å². The van der Waals surface area contributed by atoms with Crippen LogP contribution in [0.4, 0.5) is 0 Å². The number of hydrogen-bond acceptors (Lipinski definition) is 4. The minimum Gasteiger partial charge on any atom is -0.298 e. The molecule has 1 aliphatic carbocycles. The summed E-state index contributed by atoms with van der Waals surface area (Å²) in [6.45, 7) is 2.11. The largest absolute Gasteiger partial charge is 0.298 e. The Morgan fingerprint density at radius 1 is 1.07 bits per heavy atom. The lowest BCUT2D eigenvalue weighted by Crippen LogP contribution is -2.26. The van der Waals surface area contributed by atoms with Crippen LogP contribution in [0.25, 0.3) is 16.6 Å². The molecule has 0 amide bonds. The van der Waals surface area contributed by atoms with Crippen LogP contribution in [0.1, 0.15) is 38.2 Å². The topological polar surface area (TPSA) is 52.0 Å². The van der Waals surface area contributed by atoms with E-state index in [-0.39, 0.29) is 16.6 Å². The van der Waals surface area contributed by atoms with Gasteiger partial charge in [0.05, 0.1) is 21.8 Å². The molecule has 0 radical (unpaired) electrons. The monoisotopic (exact) mass is 378 g/mol. The molecule has 0 spiro atoms. The molecule has 1 atom stereocenters. The number of para-hydroxylation sites is 1. The zero-order valence-corrected chi connectivity index (χ0v) is 16.2. The number of rotatable bonds is 4. The number of carbonyl (C=O) groups is 1. The van der Waals surface area contributed by atoms with E-state index in [1.165, 1.54) is 17.3 Å². The average Bonchev–Trinajstić information content (AvgIpc) is 2.70. The van der Waals surface area contributed by atoms with Crippen LogP contribution in [-0.2, 0) is 11.2 Å². The van der Waals surface area contributed by atoms with Gasteiger partial charge in [0.1, 0.15) is 5.78 Å². The Bertz CT molecular complexity index is 1040. The molecule has 4 nitrogen and oxygen atoms in total. The van der Waals surface area contributed by atoms with E-state index in [2.05, 4.69) is 6.92 Å². The van der Waals surface area contributed by atoms with Crippen molar-refractivity contribution in [3.8, 4) is 5.69 Å². The summed E-state index contributed by atoms with van der Waals surface area (Å²) in [4.78, 5) is 30.4. The molecule has 0 aliphatic heterocycles. The highest BCUT2D eigenvalue weighted by molar-refractivity contribution is 8.00.